The van der Waals surface area contributed by atoms with E-state index in [9.17, 15) is 0 Å². The highest BCUT2D eigenvalue weighted by Gasteiger charge is 2.15. The van der Waals surface area contributed by atoms with Crippen molar-refractivity contribution in [3.8, 4) is 0 Å². The lowest BCUT2D eigenvalue weighted by molar-refractivity contribution is 0.793. The van der Waals surface area contributed by atoms with Gasteiger partial charge in [-0.05, 0) is 31.1 Å². The molecule has 0 aromatic carbocycles. The highest BCUT2D eigenvalue weighted by Crippen LogP contribution is 2.37. The maximum atomic E-state index is 5.79. The van der Waals surface area contributed by atoms with Crippen LogP contribution in [0.4, 0.5) is 10.8 Å². The Morgan fingerprint density at radius 3 is 2.71 bits per heavy atom. The maximum Gasteiger partial charge on any atom is 0.153 e. The van der Waals surface area contributed by atoms with Gasteiger partial charge >= 0.3 is 0 Å². The largest absolute Gasteiger partial charge is 0.382 e. The van der Waals surface area contributed by atoms with E-state index >= 15 is 0 Å². The zero-order chi connectivity index (χ0) is 10.6. The van der Waals surface area contributed by atoms with E-state index in [2.05, 4.69) is 23.1 Å². The Labute approximate surface area is 93.8 Å². The molecule has 3 nitrogen and oxygen atoms in total. The molecule has 5 heteroatoms. The van der Waals surface area contributed by atoms with Crippen molar-refractivity contribution in [3.63, 3.8) is 0 Å². The van der Waals surface area contributed by atoms with Gasteiger partial charge in [-0.1, -0.05) is 6.92 Å². The molecule has 0 amide bonds. The SMILES string of the molecule is CCCN(CC)c1snc(N)c1SC. The van der Waals surface area contributed by atoms with Crippen molar-refractivity contribution in [3.05, 3.63) is 0 Å². The van der Waals surface area contributed by atoms with Gasteiger partial charge in [-0.2, -0.15) is 4.37 Å². The van der Waals surface area contributed by atoms with Crippen molar-refractivity contribution in [1.29, 1.82) is 0 Å². The summed E-state index contributed by atoms with van der Waals surface area (Å²) >= 11 is 3.18. The van der Waals surface area contributed by atoms with E-state index in [1.54, 1.807) is 11.8 Å². The zero-order valence-corrected chi connectivity index (χ0v) is 10.5. The summed E-state index contributed by atoms with van der Waals surface area (Å²) < 4.78 is 4.20. The molecular formula is C9H17N3S2. The van der Waals surface area contributed by atoms with Crippen LogP contribution in [-0.2, 0) is 0 Å². The zero-order valence-electron chi connectivity index (χ0n) is 8.91. The van der Waals surface area contributed by atoms with Crippen LogP contribution in [0.5, 0.6) is 0 Å². The molecule has 0 aliphatic heterocycles. The standard InChI is InChI=1S/C9H17N3S2/c1-4-6-12(5-2)9-7(13-3)8(10)11-14-9/h4-6H2,1-3H3,(H2,10,11). The van der Waals surface area contributed by atoms with Crippen molar-refractivity contribution in [2.24, 2.45) is 0 Å². The van der Waals surface area contributed by atoms with Crippen LogP contribution < -0.4 is 10.6 Å². The van der Waals surface area contributed by atoms with E-state index in [0.717, 1.165) is 24.4 Å². The summed E-state index contributed by atoms with van der Waals surface area (Å²) in [6.07, 6.45) is 3.20. The van der Waals surface area contributed by atoms with E-state index in [-0.39, 0.29) is 0 Å². The number of rotatable bonds is 5. The summed E-state index contributed by atoms with van der Waals surface area (Å²) in [5.41, 5.74) is 5.79. The van der Waals surface area contributed by atoms with Crippen molar-refractivity contribution in [2.75, 3.05) is 30.0 Å². The number of thioether (sulfide) groups is 1. The van der Waals surface area contributed by atoms with Crippen molar-refractivity contribution >= 4 is 34.1 Å². The third-order valence-corrected chi connectivity index (χ3v) is 3.89. The second-order valence-corrected chi connectivity index (χ2v) is 4.55. The average molecular weight is 231 g/mol. The molecular weight excluding hydrogens is 214 g/mol. The van der Waals surface area contributed by atoms with Gasteiger partial charge < -0.3 is 10.6 Å². The van der Waals surface area contributed by atoms with Crippen LogP contribution in [0.15, 0.2) is 4.90 Å². The highest BCUT2D eigenvalue weighted by atomic mass is 32.2. The molecule has 1 aromatic rings. The molecule has 0 spiro atoms. The lowest BCUT2D eigenvalue weighted by Gasteiger charge is -2.20. The van der Waals surface area contributed by atoms with Crippen LogP contribution in [0.1, 0.15) is 20.3 Å². The molecule has 0 aliphatic carbocycles. The molecule has 1 heterocycles. The summed E-state index contributed by atoms with van der Waals surface area (Å²) in [5, 5.41) is 1.22. The Morgan fingerprint density at radius 1 is 1.50 bits per heavy atom. The molecule has 1 rings (SSSR count). The Balaban J connectivity index is 2.91. The highest BCUT2D eigenvalue weighted by molar-refractivity contribution is 7.99. The predicted octanol–water partition coefficient (Wildman–Crippen LogP) is 2.68. The quantitative estimate of drug-likeness (QED) is 0.791. The molecule has 2 N–H and O–H groups in total. The molecule has 0 saturated heterocycles. The number of nitrogens with zero attached hydrogens (tertiary/aromatic N) is 2. The van der Waals surface area contributed by atoms with Crippen molar-refractivity contribution < 1.29 is 0 Å². The summed E-state index contributed by atoms with van der Waals surface area (Å²) in [7, 11) is 0. The van der Waals surface area contributed by atoms with Gasteiger partial charge in [0.15, 0.2) is 5.82 Å². The van der Waals surface area contributed by atoms with E-state index in [1.807, 2.05) is 6.26 Å². The molecule has 14 heavy (non-hydrogen) atoms. The molecule has 0 radical (unpaired) electrons. The Kier molecular flexibility index (Phi) is 4.54. The second-order valence-electron chi connectivity index (χ2n) is 2.99. The van der Waals surface area contributed by atoms with Crippen LogP contribution >= 0.6 is 23.3 Å². The van der Waals surface area contributed by atoms with Crippen LogP contribution in [0.3, 0.4) is 0 Å². The Bertz CT molecular complexity index is 286. The maximum absolute atomic E-state index is 5.79. The van der Waals surface area contributed by atoms with E-state index in [0.29, 0.717) is 5.82 Å². The molecule has 0 aliphatic rings. The third kappa shape index (κ3) is 2.33. The first-order chi connectivity index (χ1) is 6.74. The lowest BCUT2D eigenvalue weighted by Crippen LogP contribution is -2.22. The van der Waals surface area contributed by atoms with Gasteiger partial charge in [0.25, 0.3) is 0 Å². The van der Waals surface area contributed by atoms with Crippen LogP contribution in [0.25, 0.3) is 0 Å². The average Bonchev–Trinajstić information content (AvgIpc) is 2.56. The smallest absolute Gasteiger partial charge is 0.153 e. The number of hydrogen-bond acceptors (Lipinski definition) is 5. The minimum atomic E-state index is 0.673. The summed E-state index contributed by atoms with van der Waals surface area (Å²) in [5.74, 6) is 0.673. The first kappa shape index (κ1) is 11.7. The first-order valence-electron chi connectivity index (χ1n) is 4.78. The van der Waals surface area contributed by atoms with Crippen molar-refractivity contribution in [1.82, 2.24) is 4.37 Å². The number of nitrogens with two attached hydrogens (primary N) is 1. The normalized spacial score (nSPS) is 10.5. The molecule has 1 aromatic heterocycles. The van der Waals surface area contributed by atoms with Crippen LogP contribution in [-0.4, -0.2) is 23.7 Å². The van der Waals surface area contributed by atoms with Crippen LogP contribution in [0.2, 0.25) is 0 Å². The molecule has 0 unspecified atom stereocenters. The Morgan fingerprint density at radius 2 is 2.21 bits per heavy atom. The molecule has 0 saturated carbocycles. The number of nitrogen functional groups attached to an aromatic ring is 1. The van der Waals surface area contributed by atoms with Gasteiger partial charge in [0.05, 0.1) is 4.90 Å². The minimum absolute atomic E-state index is 0.673. The third-order valence-electron chi connectivity index (χ3n) is 2.02. The van der Waals surface area contributed by atoms with E-state index < -0.39 is 0 Å². The molecule has 0 atom stereocenters. The molecule has 0 bridgehead atoms. The van der Waals surface area contributed by atoms with E-state index in [1.165, 1.54) is 16.5 Å². The van der Waals surface area contributed by atoms with Gasteiger partial charge in [-0.3, -0.25) is 0 Å². The monoisotopic (exact) mass is 231 g/mol. The van der Waals surface area contributed by atoms with Gasteiger partial charge in [0.2, 0.25) is 0 Å². The van der Waals surface area contributed by atoms with Gasteiger partial charge in [0.1, 0.15) is 5.00 Å². The summed E-state index contributed by atoms with van der Waals surface area (Å²) in [6, 6.07) is 0. The molecule has 80 valence electrons. The van der Waals surface area contributed by atoms with Gasteiger partial charge in [0, 0.05) is 13.1 Å². The molecule has 0 fully saturated rings. The fourth-order valence-electron chi connectivity index (χ4n) is 1.35. The first-order valence-corrected chi connectivity index (χ1v) is 6.78. The van der Waals surface area contributed by atoms with Crippen molar-refractivity contribution in [2.45, 2.75) is 25.2 Å². The van der Waals surface area contributed by atoms with Gasteiger partial charge in [-0.15, -0.1) is 11.8 Å². The number of aromatic nitrogens is 1. The number of hydrogen-bond donors (Lipinski definition) is 1. The Hall–Kier alpha value is -0.420. The summed E-state index contributed by atoms with van der Waals surface area (Å²) in [4.78, 5) is 3.46. The van der Waals surface area contributed by atoms with Gasteiger partial charge in [-0.25, -0.2) is 0 Å². The predicted molar refractivity (Wildman–Crippen MR) is 66.5 cm³/mol. The number of anilines is 2. The second kappa shape index (κ2) is 5.46. The fourth-order valence-corrected chi connectivity index (χ4v) is 3.13. The fraction of sp³-hybridized carbons (Fsp3) is 0.667. The summed E-state index contributed by atoms with van der Waals surface area (Å²) in [6.45, 7) is 6.44. The van der Waals surface area contributed by atoms with E-state index in [4.69, 9.17) is 5.73 Å². The minimum Gasteiger partial charge on any atom is -0.382 e. The topological polar surface area (TPSA) is 42.2 Å². The van der Waals surface area contributed by atoms with Crippen LogP contribution in [0, 0.1) is 0 Å². The lowest BCUT2D eigenvalue weighted by atomic mass is 10.4.